The molecule has 0 radical (unpaired) electrons. The van der Waals surface area contributed by atoms with E-state index in [9.17, 15) is 56.0 Å². The number of hydrogen-bond acceptors (Lipinski definition) is 7. The second kappa shape index (κ2) is 10.8. The summed E-state index contributed by atoms with van der Waals surface area (Å²) in [6.45, 7) is -1.42. The number of hydrogen-bond donors (Lipinski definition) is 1. The molecule has 1 fully saturated rings. The van der Waals surface area contributed by atoms with Crippen molar-refractivity contribution in [1.82, 2.24) is 9.03 Å². The van der Waals surface area contributed by atoms with Crippen LogP contribution < -0.4 is 9.46 Å². The summed E-state index contributed by atoms with van der Waals surface area (Å²) in [4.78, 5) is -3.20. The summed E-state index contributed by atoms with van der Waals surface area (Å²) in [7, 11) is -15.5. The van der Waals surface area contributed by atoms with Gasteiger partial charge in [-0.3, -0.25) is 0 Å². The molecule has 0 saturated carbocycles. The second-order valence-corrected chi connectivity index (χ2v) is 13.8. The maximum absolute atomic E-state index is 14.3. The Morgan fingerprint density at radius 2 is 1.44 bits per heavy atom. The lowest BCUT2D eigenvalue weighted by molar-refractivity contribution is -0.274. The van der Waals surface area contributed by atoms with Gasteiger partial charge in [-0.25, -0.2) is 34.4 Å². The highest BCUT2D eigenvalue weighted by atomic mass is 32.2. The van der Waals surface area contributed by atoms with E-state index in [1.807, 2.05) is 0 Å². The zero-order chi connectivity index (χ0) is 29.4. The van der Waals surface area contributed by atoms with Crippen molar-refractivity contribution in [1.29, 1.82) is 0 Å². The average Bonchev–Trinajstić information content (AvgIpc) is 2.81. The van der Waals surface area contributed by atoms with Crippen LogP contribution in [-0.2, 0) is 29.9 Å². The van der Waals surface area contributed by atoms with Gasteiger partial charge in [-0.05, 0) is 43.0 Å². The van der Waals surface area contributed by atoms with E-state index in [4.69, 9.17) is 0 Å². The minimum atomic E-state index is -5.62. The molecule has 0 spiro atoms. The molecule has 2 aromatic rings. The van der Waals surface area contributed by atoms with Crippen molar-refractivity contribution in [2.75, 3.05) is 19.6 Å². The van der Waals surface area contributed by atoms with E-state index in [0.717, 1.165) is 28.6 Å². The molecule has 0 aliphatic carbocycles. The van der Waals surface area contributed by atoms with Gasteiger partial charge in [0.25, 0.3) is 0 Å². The van der Waals surface area contributed by atoms with Crippen LogP contribution in [0.15, 0.2) is 57.2 Å². The van der Waals surface area contributed by atoms with E-state index >= 15 is 0 Å². The Balaban J connectivity index is 1.94. The van der Waals surface area contributed by atoms with Crippen molar-refractivity contribution in [2.45, 2.75) is 39.4 Å². The number of piperidine rings is 1. The van der Waals surface area contributed by atoms with Crippen molar-refractivity contribution < 1.29 is 60.7 Å². The molecule has 218 valence electrons. The number of ether oxygens (including phenoxy) is 1. The van der Waals surface area contributed by atoms with Crippen molar-refractivity contribution in [3.05, 3.63) is 48.3 Å². The van der Waals surface area contributed by atoms with Crippen LogP contribution in [0, 0.1) is 11.7 Å². The quantitative estimate of drug-likeness (QED) is 0.444. The second-order valence-electron chi connectivity index (χ2n) is 8.24. The Bertz CT molecular complexity index is 1530. The first-order chi connectivity index (χ1) is 17.8. The van der Waals surface area contributed by atoms with Crippen LogP contribution in [0.3, 0.4) is 0 Å². The first-order valence-corrected chi connectivity index (χ1v) is 15.1. The molecule has 1 aliphatic rings. The summed E-state index contributed by atoms with van der Waals surface area (Å²) in [6, 6.07) is 5.17. The first-order valence-electron chi connectivity index (χ1n) is 10.7. The zero-order valence-corrected chi connectivity index (χ0v) is 21.8. The lowest BCUT2D eigenvalue weighted by Crippen LogP contribution is -2.44. The average molecular weight is 629 g/mol. The van der Waals surface area contributed by atoms with E-state index < -0.39 is 80.5 Å². The summed E-state index contributed by atoms with van der Waals surface area (Å²) >= 11 is 0. The Morgan fingerprint density at radius 1 is 0.846 bits per heavy atom. The first kappa shape index (κ1) is 31.1. The number of rotatable bonds is 8. The van der Waals surface area contributed by atoms with E-state index in [-0.39, 0.29) is 25.9 Å². The zero-order valence-electron chi connectivity index (χ0n) is 19.3. The molecule has 1 aliphatic heterocycles. The molecule has 1 heterocycles. The maximum atomic E-state index is 14.3. The monoisotopic (exact) mass is 628 g/mol. The predicted octanol–water partition coefficient (Wildman–Crippen LogP) is 3.40. The van der Waals surface area contributed by atoms with Gasteiger partial charge in [0.2, 0.25) is 19.9 Å². The molecule has 39 heavy (non-hydrogen) atoms. The van der Waals surface area contributed by atoms with E-state index in [0.29, 0.717) is 18.2 Å². The minimum absolute atomic E-state index is 0.135. The van der Waals surface area contributed by atoms with Crippen molar-refractivity contribution >= 4 is 29.9 Å². The molecule has 3 rings (SSSR count). The fourth-order valence-corrected chi connectivity index (χ4v) is 7.90. The van der Waals surface area contributed by atoms with Crippen LogP contribution in [-0.4, -0.2) is 61.1 Å². The molecular formula is C20H19F7N2O7S3. The minimum Gasteiger partial charge on any atom is -0.406 e. The lowest BCUT2D eigenvalue weighted by atomic mass is 9.99. The smallest absolute Gasteiger partial charge is 0.406 e. The Morgan fingerprint density at radius 3 is 1.97 bits per heavy atom. The predicted molar refractivity (Wildman–Crippen MR) is 119 cm³/mol. The molecule has 0 aromatic heterocycles. The van der Waals surface area contributed by atoms with Crippen LogP contribution in [0.5, 0.6) is 5.75 Å². The third-order valence-corrected chi connectivity index (χ3v) is 10.7. The van der Waals surface area contributed by atoms with Crippen LogP contribution in [0.4, 0.5) is 30.7 Å². The van der Waals surface area contributed by atoms with E-state index in [2.05, 4.69) is 4.74 Å². The summed E-state index contributed by atoms with van der Waals surface area (Å²) in [5.41, 5.74) is -5.54. The number of benzene rings is 2. The molecular weight excluding hydrogens is 609 g/mol. The summed E-state index contributed by atoms with van der Waals surface area (Å²) in [6.07, 6.45) is -5.54. The Labute approximate surface area is 218 Å². The van der Waals surface area contributed by atoms with E-state index in [1.54, 1.807) is 0 Å². The lowest BCUT2D eigenvalue weighted by Gasteiger charge is -2.31. The Hall–Kier alpha value is -2.48. The highest BCUT2D eigenvalue weighted by molar-refractivity contribution is 7.93. The maximum Gasteiger partial charge on any atom is 0.573 e. The van der Waals surface area contributed by atoms with Gasteiger partial charge < -0.3 is 4.74 Å². The summed E-state index contributed by atoms with van der Waals surface area (Å²) < 4.78 is 172. The molecule has 1 N–H and O–H groups in total. The van der Waals surface area contributed by atoms with Gasteiger partial charge in [0.05, 0.1) is 4.90 Å². The number of halogens is 7. The fourth-order valence-electron chi connectivity index (χ4n) is 3.69. The van der Waals surface area contributed by atoms with Crippen LogP contribution in [0.25, 0.3) is 0 Å². The third-order valence-electron chi connectivity index (χ3n) is 5.62. The molecule has 0 atom stereocenters. The SMILES string of the molecule is O=S(=O)(c1ccccc1F)c1cc(OC(F)(F)F)ccc1S(=O)(=O)N1CCC(CNS(=O)(=O)C(F)(F)F)CC1. The van der Waals surface area contributed by atoms with Crippen molar-refractivity contribution in [3.8, 4) is 5.75 Å². The molecule has 2 aromatic carbocycles. The van der Waals surface area contributed by atoms with Crippen LogP contribution in [0.1, 0.15) is 12.8 Å². The third kappa shape index (κ3) is 7.00. The van der Waals surface area contributed by atoms with Gasteiger partial charge >= 0.3 is 21.9 Å². The number of alkyl halides is 6. The van der Waals surface area contributed by atoms with Crippen molar-refractivity contribution in [3.63, 3.8) is 0 Å². The largest absolute Gasteiger partial charge is 0.573 e. The molecule has 9 nitrogen and oxygen atoms in total. The number of nitrogens with one attached hydrogen (secondary N) is 1. The summed E-state index contributed by atoms with van der Waals surface area (Å²) in [5, 5.41) is 0. The number of sulfonamides is 2. The standard InChI is InChI=1S/C20H19F7N2O7S3/c21-15-3-1-2-4-16(15)37(30,31)18-11-14(36-19(22,23)24)5-6-17(18)38(32,33)29-9-7-13(8-10-29)12-28-39(34,35)20(25,26)27/h1-6,11,13,28H,7-10,12H2. The highest BCUT2D eigenvalue weighted by Gasteiger charge is 2.46. The van der Waals surface area contributed by atoms with Gasteiger partial charge in [0.15, 0.2) is 0 Å². The van der Waals surface area contributed by atoms with Crippen LogP contribution >= 0.6 is 0 Å². The van der Waals surface area contributed by atoms with Gasteiger partial charge in [-0.1, -0.05) is 12.1 Å². The fraction of sp³-hybridized carbons (Fsp3) is 0.400. The van der Waals surface area contributed by atoms with Gasteiger partial charge in [0.1, 0.15) is 21.4 Å². The molecule has 0 amide bonds. The molecule has 1 saturated heterocycles. The number of nitrogens with zero attached hydrogens (tertiary/aromatic N) is 1. The Kier molecular flexibility index (Phi) is 8.62. The summed E-state index contributed by atoms with van der Waals surface area (Å²) in [5.74, 6) is -3.10. The number of sulfone groups is 1. The van der Waals surface area contributed by atoms with Gasteiger partial charge in [-0.15, -0.1) is 13.2 Å². The normalized spacial score (nSPS) is 16.8. The van der Waals surface area contributed by atoms with Crippen molar-refractivity contribution in [2.24, 2.45) is 5.92 Å². The molecule has 19 heteroatoms. The van der Waals surface area contributed by atoms with Crippen LogP contribution in [0.2, 0.25) is 0 Å². The van der Waals surface area contributed by atoms with E-state index in [1.165, 1.54) is 4.72 Å². The van der Waals surface area contributed by atoms with Gasteiger partial charge in [0, 0.05) is 25.7 Å². The molecule has 0 bridgehead atoms. The van der Waals surface area contributed by atoms with Gasteiger partial charge in [-0.2, -0.15) is 17.5 Å². The topological polar surface area (TPSA) is 127 Å². The highest BCUT2D eigenvalue weighted by Crippen LogP contribution is 2.36. The molecule has 0 unspecified atom stereocenters.